The molecule has 1 aliphatic heterocycles. The Hall–Kier alpha value is -1.35. The fourth-order valence-electron chi connectivity index (χ4n) is 2.73. The van der Waals surface area contributed by atoms with Gasteiger partial charge >= 0.3 is 0 Å². The monoisotopic (exact) mass is 274 g/mol. The normalized spacial score (nSPS) is 15.9. The summed E-state index contributed by atoms with van der Waals surface area (Å²) < 4.78 is 0. The van der Waals surface area contributed by atoms with Crippen LogP contribution in [0.3, 0.4) is 0 Å². The molecule has 0 bridgehead atoms. The van der Waals surface area contributed by atoms with E-state index in [-0.39, 0.29) is 5.91 Å². The van der Waals surface area contributed by atoms with Crippen molar-refractivity contribution in [3.63, 3.8) is 0 Å². The van der Waals surface area contributed by atoms with Crippen LogP contribution in [-0.2, 0) is 11.2 Å². The van der Waals surface area contributed by atoms with Crippen molar-refractivity contribution in [2.45, 2.75) is 39.0 Å². The van der Waals surface area contributed by atoms with Gasteiger partial charge in [0.05, 0.1) is 6.54 Å². The number of nitrogens with one attached hydrogen (secondary N) is 1. The number of likely N-dealkylation sites (tertiary alicyclic amines) is 1. The van der Waals surface area contributed by atoms with Crippen LogP contribution in [0.1, 0.15) is 36.8 Å². The van der Waals surface area contributed by atoms with Crippen molar-refractivity contribution >= 4 is 5.91 Å². The second kappa shape index (κ2) is 8.05. The highest BCUT2D eigenvalue weighted by Gasteiger charge is 2.14. The maximum absolute atomic E-state index is 12.1. The summed E-state index contributed by atoms with van der Waals surface area (Å²) in [5.74, 6) is 0.260. The van der Waals surface area contributed by atoms with Crippen LogP contribution < -0.4 is 5.32 Å². The number of amides is 1. The van der Waals surface area contributed by atoms with E-state index in [1.165, 1.54) is 24.0 Å². The number of nitrogens with zero attached hydrogens (tertiary/aromatic N) is 1. The Bertz CT molecular complexity index is 423. The molecule has 0 aliphatic carbocycles. The second-order valence-electron chi connectivity index (χ2n) is 5.71. The molecule has 2 rings (SSSR count). The highest BCUT2D eigenvalue weighted by molar-refractivity contribution is 5.78. The molecule has 3 nitrogen and oxygen atoms in total. The van der Waals surface area contributed by atoms with Crippen molar-refractivity contribution in [2.75, 3.05) is 26.2 Å². The molecule has 1 aromatic rings. The third-order valence-electron chi connectivity index (χ3n) is 3.91. The van der Waals surface area contributed by atoms with Crippen LogP contribution in [0, 0.1) is 6.92 Å². The van der Waals surface area contributed by atoms with Gasteiger partial charge in [0.25, 0.3) is 0 Å². The van der Waals surface area contributed by atoms with Gasteiger partial charge in [0, 0.05) is 13.1 Å². The predicted molar refractivity (Wildman–Crippen MR) is 82.8 cm³/mol. The lowest BCUT2D eigenvalue weighted by molar-refractivity contribution is -0.130. The third kappa shape index (κ3) is 4.97. The topological polar surface area (TPSA) is 32.3 Å². The van der Waals surface area contributed by atoms with Gasteiger partial charge in [-0.05, 0) is 38.3 Å². The minimum Gasteiger partial charge on any atom is -0.342 e. The van der Waals surface area contributed by atoms with Crippen LogP contribution in [0.25, 0.3) is 0 Å². The Morgan fingerprint density at radius 1 is 1.20 bits per heavy atom. The number of rotatable bonds is 5. The minimum atomic E-state index is 0.260. The van der Waals surface area contributed by atoms with Crippen molar-refractivity contribution in [2.24, 2.45) is 0 Å². The number of hydrogen-bond donors (Lipinski definition) is 1. The molecule has 0 aromatic heterocycles. The molecular weight excluding hydrogens is 248 g/mol. The lowest BCUT2D eigenvalue weighted by Crippen LogP contribution is -2.39. The molecule has 3 heteroatoms. The number of carbonyl (C=O) groups is 1. The van der Waals surface area contributed by atoms with E-state index in [0.29, 0.717) is 6.54 Å². The van der Waals surface area contributed by atoms with Crippen molar-refractivity contribution in [3.8, 4) is 0 Å². The quantitative estimate of drug-likeness (QED) is 0.837. The molecule has 1 N–H and O–H groups in total. The Kier molecular flexibility index (Phi) is 6.06. The lowest BCUT2D eigenvalue weighted by Gasteiger charge is -2.20. The Morgan fingerprint density at radius 3 is 2.65 bits per heavy atom. The smallest absolute Gasteiger partial charge is 0.236 e. The molecule has 1 heterocycles. The van der Waals surface area contributed by atoms with E-state index in [1.807, 2.05) is 4.90 Å². The number of benzene rings is 1. The van der Waals surface area contributed by atoms with Gasteiger partial charge in [-0.25, -0.2) is 0 Å². The van der Waals surface area contributed by atoms with Crippen molar-refractivity contribution in [3.05, 3.63) is 35.4 Å². The van der Waals surface area contributed by atoms with Gasteiger partial charge in [0.15, 0.2) is 0 Å². The van der Waals surface area contributed by atoms with Crippen LogP contribution in [0.15, 0.2) is 24.3 Å². The zero-order valence-electron chi connectivity index (χ0n) is 12.5. The first-order valence-corrected chi connectivity index (χ1v) is 7.80. The van der Waals surface area contributed by atoms with Crippen LogP contribution >= 0.6 is 0 Å². The summed E-state index contributed by atoms with van der Waals surface area (Å²) in [5.41, 5.74) is 2.63. The molecule has 0 spiro atoms. The Morgan fingerprint density at radius 2 is 1.95 bits per heavy atom. The van der Waals surface area contributed by atoms with Crippen LogP contribution in [-0.4, -0.2) is 37.0 Å². The molecule has 0 atom stereocenters. The van der Waals surface area contributed by atoms with Crippen molar-refractivity contribution in [1.29, 1.82) is 0 Å². The second-order valence-corrected chi connectivity index (χ2v) is 5.71. The van der Waals surface area contributed by atoms with E-state index >= 15 is 0 Å². The van der Waals surface area contributed by atoms with Crippen molar-refractivity contribution < 1.29 is 4.79 Å². The summed E-state index contributed by atoms with van der Waals surface area (Å²) in [6.45, 7) is 5.34. The molecule has 0 radical (unpaired) electrons. The molecular formula is C17H26N2O. The van der Waals surface area contributed by atoms with Gasteiger partial charge in [0.2, 0.25) is 5.91 Å². The molecule has 20 heavy (non-hydrogen) atoms. The van der Waals surface area contributed by atoms with Gasteiger partial charge in [-0.1, -0.05) is 42.7 Å². The summed E-state index contributed by atoms with van der Waals surface area (Å²) in [4.78, 5) is 14.1. The maximum Gasteiger partial charge on any atom is 0.236 e. The highest BCUT2D eigenvalue weighted by Crippen LogP contribution is 2.09. The van der Waals surface area contributed by atoms with E-state index in [1.54, 1.807) is 0 Å². The first kappa shape index (κ1) is 15.0. The van der Waals surface area contributed by atoms with E-state index in [0.717, 1.165) is 38.9 Å². The van der Waals surface area contributed by atoms with Gasteiger partial charge in [-0.3, -0.25) is 4.79 Å². The SMILES string of the molecule is Cc1cccc(CCNCC(=O)N2CCCCCC2)c1. The van der Waals surface area contributed by atoms with Gasteiger partial charge in [-0.15, -0.1) is 0 Å². The molecule has 1 aromatic carbocycles. The van der Waals surface area contributed by atoms with E-state index in [4.69, 9.17) is 0 Å². The predicted octanol–water partition coefficient (Wildman–Crippen LogP) is 2.53. The van der Waals surface area contributed by atoms with Crippen molar-refractivity contribution in [1.82, 2.24) is 10.2 Å². The van der Waals surface area contributed by atoms with Gasteiger partial charge in [0.1, 0.15) is 0 Å². The number of hydrogen-bond acceptors (Lipinski definition) is 2. The fraction of sp³-hybridized carbons (Fsp3) is 0.588. The average Bonchev–Trinajstić information content (AvgIpc) is 2.72. The van der Waals surface area contributed by atoms with Gasteiger partial charge in [-0.2, -0.15) is 0 Å². The van der Waals surface area contributed by atoms with E-state index in [2.05, 4.69) is 36.5 Å². The minimum absolute atomic E-state index is 0.260. The van der Waals surface area contributed by atoms with Gasteiger partial charge < -0.3 is 10.2 Å². The van der Waals surface area contributed by atoms with Crippen LogP contribution in [0.2, 0.25) is 0 Å². The van der Waals surface area contributed by atoms with Crippen LogP contribution in [0.5, 0.6) is 0 Å². The van der Waals surface area contributed by atoms with Crippen LogP contribution in [0.4, 0.5) is 0 Å². The molecule has 0 saturated carbocycles. The number of aryl methyl sites for hydroxylation is 1. The molecule has 1 amide bonds. The summed E-state index contributed by atoms with van der Waals surface area (Å²) in [7, 11) is 0. The summed E-state index contributed by atoms with van der Waals surface area (Å²) in [6, 6.07) is 8.55. The molecule has 1 saturated heterocycles. The first-order chi connectivity index (χ1) is 9.75. The average molecular weight is 274 g/mol. The fourth-order valence-corrected chi connectivity index (χ4v) is 2.73. The number of carbonyl (C=O) groups excluding carboxylic acids is 1. The zero-order valence-corrected chi connectivity index (χ0v) is 12.5. The zero-order chi connectivity index (χ0) is 14.2. The standard InChI is InChI=1S/C17H26N2O/c1-15-7-6-8-16(13-15)9-10-18-14-17(20)19-11-4-2-3-5-12-19/h6-8,13,18H,2-5,9-12,14H2,1H3. The third-order valence-corrected chi connectivity index (χ3v) is 3.91. The molecule has 110 valence electrons. The summed E-state index contributed by atoms with van der Waals surface area (Å²) in [6.07, 6.45) is 5.84. The van der Waals surface area contributed by atoms with E-state index < -0.39 is 0 Å². The Labute approximate surface area is 122 Å². The molecule has 0 unspecified atom stereocenters. The molecule has 1 aliphatic rings. The maximum atomic E-state index is 12.1. The summed E-state index contributed by atoms with van der Waals surface area (Å²) >= 11 is 0. The van der Waals surface area contributed by atoms with E-state index in [9.17, 15) is 4.79 Å². The lowest BCUT2D eigenvalue weighted by atomic mass is 10.1. The summed E-state index contributed by atoms with van der Waals surface area (Å²) in [5, 5.41) is 3.28. The Balaban J connectivity index is 1.66. The highest BCUT2D eigenvalue weighted by atomic mass is 16.2. The first-order valence-electron chi connectivity index (χ1n) is 7.80. The molecule has 1 fully saturated rings. The largest absolute Gasteiger partial charge is 0.342 e.